The topological polar surface area (TPSA) is 178 Å². The van der Waals surface area contributed by atoms with Crippen molar-refractivity contribution in [3.8, 4) is 5.75 Å². The fraction of sp³-hybridized carbons (Fsp3) is 0.476. The zero-order valence-corrected chi connectivity index (χ0v) is 16.3. The summed E-state index contributed by atoms with van der Waals surface area (Å²) in [6.45, 7) is 3.11. The molecular weight excluding hydrogens is 394 g/mol. The summed E-state index contributed by atoms with van der Waals surface area (Å²) in [5, 5.41) is 54.1. The first kappa shape index (κ1) is 20.5. The summed E-state index contributed by atoms with van der Waals surface area (Å²) < 4.78 is 0. The van der Waals surface area contributed by atoms with Crippen LogP contribution in [0, 0.1) is 23.7 Å². The summed E-state index contributed by atoms with van der Waals surface area (Å²) in [5.41, 5.74) is 2.48. The highest BCUT2D eigenvalue weighted by molar-refractivity contribution is 6.25. The molecule has 2 fully saturated rings. The molecule has 1 amide bonds. The van der Waals surface area contributed by atoms with Crippen LogP contribution in [-0.2, 0) is 14.4 Å². The van der Waals surface area contributed by atoms with Gasteiger partial charge in [-0.3, -0.25) is 14.4 Å². The van der Waals surface area contributed by atoms with E-state index in [0.29, 0.717) is 5.56 Å². The van der Waals surface area contributed by atoms with Gasteiger partial charge in [0.25, 0.3) is 0 Å². The molecule has 0 aromatic heterocycles. The average Bonchev–Trinajstić information content (AvgIpc) is 2.67. The molecule has 4 rings (SSSR count). The van der Waals surface area contributed by atoms with Gasteiger partial charge in [0.2, 0.25) is 11.7 Å². The number of hydrogen-bond donors (Lipinski definition) is 6. The van der Waals surface area contributed by atoms with E-state index in [1.807, 2.05) is 0 Å². The Kier molecular flexibility index (Phi) is 4.36. The molecule has 0 aliphatic heterocycles. The Bertz CT molecular complexity index is 1020. The summed E-state index contributed by atoms with van der Waals surface area (Å²) in [5.74, 6) is -10.4. The Morgan fingerprint density at radius 2 is 1.73 bits per heavy atom. The number of hydrogen-bond acceptors (Lipinski definition) is 8. The lowest BCUT2D eigenvalue weighted by Gasteiger charge is -2.54. The van der Waals surface area contributed by atoms with Crippen molar-refractivity contribution in [3.05, 3.63) is 34.9 Å². The minimum absolute atomic E-state index is 0.0124. The van der Waals surface area contributed by atoms with E-state index < -0.39 is 70.6 Å². The Balaban J connectivity index is 1.98. The number of aromatic hydroxyl groups is 1. The van der Waals surface area contributed by atoms with E-state index in [0.717, 1.165) is 0 Å². The quantitative estimate of drug-likeness (QED) is 0.327. The largest absolute Gasteiger partial charge is 0.507 e. The predicted molar refractivity (Wildman–Crippen MR) is 102 cm³/mol. The van der Waals surface area contributed by atoms with Crippen LogP contribution in [-0.4, -0.2) is 60.8 Å². The first-order valence-electron chi connectivity index (χ1n) is 9.68. The molecule has 160 valence electrons. The Hall–Kier alpha value is -2.75. The molecule has 0 saturated heterocycles. The molecular formula is C21H23NO8. The third-order valence-corrected chi connectivity index (χ3v) is 7.15. The number of phenolic OH excluding ortho intramolecular Hbond substituents is 1. The molecule has 1 aromatic carbocycles. The van der Waals surface area contributed by atoms with Crippen LogP contribution >= 0.6 is 0 Å². The maximum absolute atomic E-state index is 13.5. The first-order valence-corrected chi connectivity index (χ1v) is 9.68. The SMILES string of the molecule is CC1c2cccc(O)c2C(O)=C2C(=O)C3(O)C(=O)C(C(N)=O)C(O)[C@@H](C)C3C(O)C21. The maximum Gasteiger partial charge on any atom is 0.230 e. The van der Waals surface area contributed by atoms with Crippen molar-refractivity contribution >= 4 is 23.2 Å². The number of carbonyl (C=O) groups excluding carboxylic acids is 3. The second-order valence-electron chi connectivity index (χ2n) is 8.52. The van der Waals surface area contributed by atoms with E-state index in [2.05, 4.69) is 0 Å². The molecule has 0 radical (unpaired) electrons. The highest BCUT2D eigenvalue weighted by atomic mass is 16.3. The standard InChI is InChI=1S/C21H23NO8/c1-6-8-4-3-5-9(23)11(8)16(25)12-10(6)17(26)14-7(2)15(24)13(20(22)29)19(28)21(14,30)18(12)27/h3-7,10,13-15,17,23-26,30H,1-2H3,(H2,22,29)/t6?,7-,10?,13?,14?,15?,17?,21?/m0/s1. The van der Waals surface area contributed by atoms with Gasteiger partial charge in [-0.05, 0) is 23.5 Å². The molecule has 0 bridgehead atoms. The second kappa shape index (κ2) is 6.37. The van der Waals surface area contributed by atoms with Gasteiger partial charge in [0, 0.05) is 17.4 Å². The molecule has 3 aliphatic carbocycles. The average molecular weight is 417 g/mol. The van der Waals surface area contributed by atoms with Gasteiger partial charge in [-0.15, -0.1) is 0 Å². The summed E-state index contributed by atoms with van der Waals surface area (Å²) in [4.78, 5) is 38.3. The molecule has 9 nitrogen and oxygen atoms in total. The highest BCUT2D eigenvalue weighted by Crippen LogP contribution is 2.56. The van der Waals surface area contributed by atoms with Gasteiger partial charge < -0.3 is 31.3 Å². The number of rotatable bonds is 1. The monoisotopic (exact) mass is 417 g/mol. The number of fused-ring (bicyclic) bond motifs is 3. The van der Waals surface area contributed by atoms with Crippen LogP contribution in [0.5, 0.6) is 5.75 Å². The molecule has 7 unspecified atom stereocenters. The number of primary amides is 1. The van der Waals surface area contributed by atoms with Gasteiger partial charge in [0.05, 0.1) is 17.8 Å². The van der Waals surface area contributed by atoms with Crippen molar-refractivity contribution in [2.24, 2.45) is 29.4 Å². The number of Topliss-reactive ketones (excluding diaryl/α,β-unsaturated/α-hetero) is 2. The van der Waals surface area contributed by atoms with E-state index in [4.69, 9.17) is 5.73 Å². The molecule has 8 atom stereocenters. The van der Waals surface area contributed by atoms with Gasteiger partial charge in [0.15, 0.2) is 11.4 Å². The molecule has 0 spiro atoms. The fourth-order valence-electron chi connectivity index (χ4n) is 5.66. The third kappa shape index (κ3) is 2.25. The van der Waals surface area contributed by atoms with E-state index >= 15 is 0 Å². The Labute approximate surface area is 171 Å². The minimum Gasteiger partial charge on any atom is -0.507 e. The van der Waals surface area contributed by atoms with Crippen LogP contribution in [0.1, 0.15) is 30.9 Å². The van der Waals surface area contributed by atoms with Crippen molar-refractivity contribution in [3.63, 3.8) is 0 Å². The lowest BCUT2D eigenvalue weighted by molar-refractivity contribution is -0.196. The van der Waals surface area contributed by atoms with Crippen LogP contribution in [0.25, 0.3) is 5.76 Å². The second-order valence-corrected chi connectivity index (χ2v) is 8.52. The zero-order chi connectivity index (χ0) is 22.3. The summed E-state index contributed by atoms with van der Waals surface area (Å²) in [6, 6.07) is 4.51. The van der Waals surface area contributed by atoms with Crippen LogP contribution < -0.4 is 5.73 Å². The van der Waals surface area contributed by atoms with Gasteiger partial charge in [-0.25, -0.2) is 0 Å². The van der Waals surface area contributed by atoms with Gasteiger partial charge in [-0.1, -0.05) is 26.0 Å². The minimum atomic E-state index is -2.85. The number of aliphatic hydroxyl groups is 4. The molecule has 3 aliphatic rings. The van der Waals surface area contributed by atoms with E-state index in [9.17, 15) is 39.9 Å². The van der Waals surface area contributed by atoms with E-state index in [1.165, 1.54) is 13.0 Å². The van der Waals surface area contributed by atoms with Crippen molar-refractivity contribution < 1.29 is 39.9 Å². The predicted octanol–water partition coefficient (Wildman–Crippen LogP) is -0.633. The van der Waals surface area contributed by atoms with Gasteiger partial charge in [0.1, 0.15) is 17.4 Å². The Morgan fingerprint density at radius 3 is 2.33 bits per heavy atom. The van der Waals surface area contributed by atoms with E-state index in [1.54, 1.807) is 19.1 Å². The van der Waals surface area contributed by atoms with Crippen LogP contribution in [0.2, 0.25) is 0 Å². The fourth-order valence-corrected chi connectivity index (χ4v) is 5.66. The van der Waals surface area contributed by atoms with Gasteiger partial charge >= 0.3 is 0 Å². The number of aliphatic hydroxyl groups excluding tert-OH is 3. The maximum atomic E-state index is 13.5. The van der Waals surface area contributed by atoms with Crippen molar-refractivity contribution in [2.75, 3.05) is 0 Å². The number of ketones is 2. The van der Waals surface area contributed by atoms with Crippen LogP contribution in [0.3, 0.4) is 0 Å². The molecule has 7 N–H and O–H groups in total. The molecule has 2 saturated carbocycles. The number of carbonyl (C=O) groups is 3. The first-order chi connectivity index (χ1) is 14.0. The lowest BCUT2D eigenvalue weighted by Crippen LogP contribution is -2.73. The molecule has 30 heavy (non-hydrogen) atoms. The number of amides is 1. The van der Waals surface area contributed by atoms with Crippen molar-refractivity contribution in [1.29, 1.82) is 0 Å². The van der Waals surface area contributed by atoms with Crippen LogP contribution in [0.4, 0.5) is 0 Å². The smallest absolute Gasteiger partial charge is 0.230 e. The van der Waals surface area contributed by atoms with Crippen LogP contribution in [0.15, 0.2) is 23.8 Å². The number of nitrogens with two attached hydrogens (primary N) is 1. The summed E-state index contributed by atoms with van der Waals surface area (Å²) >= 11 is 0. The normalized spacial score (nSPS) is 40.5. The van der Waals surface area contributed by atoms with E-state index in [-0.39, 0.29) is 16.9 Å². The van der Waals surface area contributed by atoms with Crippen molar-refractivity contribution in [2.45, 2.75) is 37.6 Å². The zero-order valence-electron chi connectivity index (χ0n) is 16.3. The van der Waals surface area contributed by atoms with Gasteiger partial charge in [-0.2, -0.15) is 0 Å². The van der Waals surface area contributed by atoms with Crippen molar-refractivity contribution in [1.82, 2.24) is 0 Å². The molecule has 9 heteroatoms. The number of benzene rings is 1. The summed E-state index contributed by atoms with van der Waals surface area (Å²) in [6.07, 6.45) is -3.09. The highest BCUT2D eigenvalue weighted by Gasteiger charge is 2.69. The molecule has 0 heterocycles. The third-order valence-electron chi connectivity index (χ3n) is 7.15. The number of phenols is 1. The lowest BCUT2D eigenvalue weighted by atomic mass is 9.51. The molecule has 1 aromatic rings. The Morgan fingerprint density at radius 1 is 1.10 bits per heavy atom. The summed E-state index contributed by atoms with van der Waals surface area (Å²) in [7, 11) is 0.